The number of hydrogen-bond acceptors (Lipinski definition) is 2. The molecule has 0 unspecified atom stereocenters. The first-order valence-corrected chi connectivity index (χ1v) is 5.91. The summed E-state index contributed by atoms with van der Waals surface area (Å²) in [6, 6.07) is 10.2. The summed E-state index contributed by atoms with van der Waals surface area (Å²) >= 11 is 0. The number of hydrogen-bond donors (Lipinski definition) is 0. The molecule has 0 heterocycles. The number of carbonyl (C=O) groups is 1. The smallest absolute Gasteiger partial charge is 0.330 e. The molecule has 1 rings (SSSR count). The molecule has 0 atom stereocenters. The van der Waals surface area contributed by atoms with Crippen LogP contribution in [0.2, 0.25) is 0 Å². The molecule has 0 radical (unpaired) electrons. The predicted molar refractivity (Wildman–Crippen MR) is 69.7 cm³/mol. The highest BCUT2D eigenvalue weighted by Crippen LogP contribution is 2.08. The summed E-state index contributed by atoms with van der Waals surface area (Å²) in [6.07, 6.45) is 5.17. The number of benzene rings is 1. The summed E-state index contributed by atoms with van der Waals surface area (Å²) in [7, 11) is 0. The Kier molecular flexibility index (Phi) is 4.95. The van der Waals surface area contributed by atoms with Crippen LogP contribution in [-0.2, 0) is 16.0 Å². The van der Waals surface area contributed by atoms with Crippen molar-refractivity contribution in [2.24, 2.45) is 0 Å². The summed E-state index contributed by atoms with van der Waals surface area (Å²) in [4.78, 5) is 11.4. The lowest BCUT2D eigenvalue weighted by molar-refractivity contribution is -0.148. The molecular formula is C15H20O2. The van der Waals surface area contributed by atoms with E-state index in [-0.39, 0.29) is 5.97 Å². The molecule has 0 bridgehead atoms. The van der Waals surface area contributed by atoms with Crippen molar-refractivity contribution in [1.82, 2.24) is 0 Å². The van der Waals surface area contributed by atoms with E-state index in [4.69, 9.17) is 4.74 Å². The van der Waals surface area contributed by atoms with E-state index >= 15 is 0 Å². The lowest BCUT2D eigenvalue weighted by Gasteiger charge is -2.17. The Hall–Kier alpha value is -1.57. The lowest BCUT2D eigenvalue weighted by Crippen LogP contribution is -2.22. The summed E-state index contributed by atoms with van der Waals surface area (Å²) < 4.78 is 5.16. The standard InChI is InChI=1S/C15H20O2/c1-15(2,3)17-14(16)12-8-7-11-13-9-5-4-6-10-13/h4-6,8-10,12H,7,11H2,1-3H3. The SMILES string of the molecule is CC(C)(C)OC(=O)C=CCCc1ccccc1. The second kappa shape index (κ2) is 6.24. The van der Waals surface area contributed by atoms with Crippen LogP contribution in [0.5, 0.6) is 0 Å². The van der Waals surface area contributed by atoms with E-state index in [1.54, 1.807) is 0 Å². The van der Waals surface area contributed by atoms with Gasteiger partial charge in [-0.3, -0.25) is 0 Å². The molecule has 0 saturated carbocycles. The molecule has 0 amide bonds. The number of rotatable bonds is 4. The summed E-state index contributed by atoms with van der Waals surface area (Å²) in [5.74, 6) is -0.273. The van der Waals surface area contributed by atoms with Gasteiger partial charge in [0.05, 0.1) is 0 Å². The van der Waals surface area contributed by atoms with E-state index in [0.29, 0.717) is 0 Å². The molecule has 92 valence electrons. The molecule has 0 aliphatic heterocycles. The van der Waals surface area contributed by atoms with Gasteiger partial charge in [0.2, 0.25) is 0 Å². The van der Waals surface area contributed by atoms with Crippen LogP contribution < -0.4 is 0 Å². The van der Waals surface area contributed by atoms with Gasteiger partial charge in [0, 0.05) is 6.08 Å². The van der Waals surface area contributed by atoms with Gasteiger partial charge in [0.25, 0.3) is 0 Å². The Morgan fingerprint density at radius 2 is 1.88 bits per heavy atom. The van der Waals surface area contributed by atoms with E-state index in [2.05, 4.69) is 12.1 Å². The van der Waals surface area contributed by atoms with E-state index in [0.717, 1.165) is 12.8 Å². The van der Waals surface area contributed by atoms with Gasteiger partial charge in [-0.25, -0.2) is 4.79 Å². The Labute approximate surface area is 103 Å². The summed E-state index contributed by atoms with van der Waals surface area (Å²) in [5, 5.41) is 0. The van der Waals surface area contributed by atoms with Crippen molar-refractivity contribution in [3.8, 4) is 0 Å². The topological polar surface area (TPSA) is 26.3 Å². The van der Waals surface area contributed by atoms with E-state index < -0.39 is 5.60 Å². The number of ether oxygens (including phenoxy) is 1. The average Bonchev–Trinajstić information content (AvgIpc) is 2.23. The maximum atomic E-state index is 11.4. The monoisotopic (exact) mass is 232 g/mol. The third-order valence-electron chi connectivity index (χ3n) is 2.10. The van der Waals surface area contributed by atoms with Crippen LogP contribution in [0, 0.1) is 0 Å². The van der Waals surface area contributed by atoms with Crippen molar-refractivity contribution >= 4 is 5.97 Å². The van der Waals surface area contributed by atoms with E-state index in [9.17, 15) is 4.79 Å². The van der Waals surface area contributed by atoms with Gasteiger partial charge in [0.1, 0.15) is 5.60 Å². The zero-order valence-corrected chi connectivity index (χ0v) is 10.8. The normalized spacial score (nSPS) is 11.7. The zero-order valence-electron chi connectivity index (χ0n) is 10.8. The fraction of sp³-hybridized carbons (Fsp3) is 0.400. The van der Waals surface area contributed by atoms with Crippen molar-refractivity contribution in [2.45, 2.75) is 39.2 Å². The third kappa shape index (κ3) is 6.56. The number of carbonyl (C=O) groups excluding carboxylic acids is 1. The van der Waals surface area contributed by atoms with Crippen molar-refractivity contribution < 1.29 is 9.53 Å². The molecule has 0 spiro atoms. The Balaban J connectivity index is 2.29. The first-order valence-electron chi connectivity index (χ1n) is 5.91. The minimum Gasteiger partial charge on any atom is -0.457 e. The second-order valence-corrected chi connectivity index (χ2v) is 4.96. The minimum absolute atomic E-state index is 0.273. The van der Waals surface area contributed by atoms with E-state index in [1.165, 1.54) is 11.6 Å². The highest BCUT2D eigenvalue weighted by atomic mass is 16.6. The fourth-order valence-electron chi connectivity index (χ4n) is 1.41. The molecule has 2 nitrogen and oxygen atoms in total. The van der Waals surface area contributed by atoms with Crippen molar-refractivity contribution in [3.63, 3.8) is 0 Å². The molecule has 0 N–H and O–H groups in total. The molecular weight excluding hydrogens is 212 g/mol. The fourth-order valence-corrected chi connectivity index (χ4v) is 1.41. The molecule has 0 fully saturated rings. The van der Waals surface area contributed by atoms with Crippen LogP contribution in [-0.4, -0.2) is 11.6 Å². The van der Waals surface area contributed by atoms with Gasteiger partial charge in [0.15, 0.2) is 0 Å². The van der Waals surface area contributed by atoms with Crippen LogP contribution in [0.4, 0.5) is 0 Å². The Morgan fingerprint density at radius 1 is 1.24 bits per heavy atom. The maximum absolute atomic E-state index is 11.4. The van der Waals surface area contributed by atoms with Crippen LogP contribution in [0.15, 0.2) is 42.5 Å². The lowest BCUT2D eigenvalue weighted by atomic mass is 10.1. The van der Waals surface area contributed by atoms with Crippen molar-refractivity contribution in [1.29, 1.82) is 0 Å². The molecule has 0 aliphatic rings. The maximum Gasteiger partial charge on any atom is 0.330 e. The van der Waals surface area contributed by atoms with Gasteiger partial charge in [-0.1, -0.05) is 36.4 Å². The van der Waals surface area contributed by atoms with Gasteiger partial charge in [-0.2, -0.15) is 0 Å². The van der Waals surface area contributed by atoms with Crippen LogP contribution in [0.25, 0.3) is 0 Å². The highest BCUT2D eigenvalue weighted by molar-refractivity contribution is 5.82. The molecule has 0 aromatic heterocycles. The minimum atomic E-state index is -0.416. The molecule has 2 heteroatoms. The summed E-state index contributed by atoms with van der Waals surface area (Å²) in [5.41, 5.74) is 0.863. The molecule has 0 aliphatic carbocycles. The Bertz CT molecular complexity index is 372. The van der Waals surface area contributed by atoms with E-state index in [1.807, 2.05) is 45.0 Å². The number of allylic oxidation sites excluding steroid dienone is 1. The quantitative estimate of drug-likeness (QED) is 0.586. The largest absolute Gasteiger partial charge is 0.457 e. The zero-order chi connectivity index (χ0) is 12.7. The van der Waals surface area contributed by atoms with Crippen LogP contribution in [0.1, 0.15) is 32.8 Å². The highest BCUT2D eigenvalue weighted by Gasteiger charge is 2.13. The van der Waals surface area contributed by atoms with Crippen molar-refractivity contribution in [3.05, 3.63) is 48.0 Å². The third-order valence-corrected chi connectivity index (χ3v) is 2.10. The van der Waals surface area contributed by atoms with Gasteiger partial charge < -0.3 is 4.74 Å². The van der Waals surface area contributed by atoms with Gasteiger partial charge >= 0.3 is 5.97 Å². The van der Waals surface area contributed by atoms with Crippen LogP contribution in [0.3, 0.4) is 0 Å². The average molecular weight is 232 g/mol. The second-order valence-electron chi connectivity index (χ2n) is 4.96. The summed E-state index contributed by atoms with van der Waals surface area (Å²) in [6.45, 7) is 5.59. The Morgan fingerprint density at radius 3 is 2.47 bits per heavy atom. The van der Waals surface area contributed by atoms with Crippen LogP contribution >= 0.6 is 0 Å². The molecule has 17 heavy (non-hydrogen) atoms. The van der Waals surface area contributed by atoms with Gasteiger partial charge in [-0.05, 0) is 39.2 Å². The first-order chi connectivity index (χ1) is 7.97. The predicted octanol–water partition coefficient (Wildman–Crippen LogP) is 3.52. The number of aryl methyl sites for hydroxylation is 1. The number of esters is 1. The first kappa shape index (κ1) is 13.5. The molecule has 0 saturated heterocycles. The van der Waals surface area contributed by atoms with Gasteiger partial charge in [-0.15, -0.1) is 0 Å². The molecule has 1 aromatic carbocycles. The van der Waals surface area contributed by atoms with Crippen molar-refractivity contribution in [2.75, 3.05) is 0 Å². The molecule has 1 aromatic rings.